The molecule has 0 spiro atoms. The van der Waals surface area contributed by atoms with E-state index in [2.05, 4.69) is 24.2 Å². The lowest BCUT2D eigenvalue weighted by Gasteiger charge is -2.04. The zero-order chi connectivity index (χ0) is 20.3. The molecule has 0 aliphatic heterocycles. The molecule has 2 rings (SSSR count). The molecule has 2 aromatic rings. The number of rotatable bonds is 5. The van der Waals surface area contributed by atoms with Gasteiger partial charge in [-0.05, 0) is 0 Å². The van der Waals surface area contributed by atoms with E-state index in [0.717, 1.165) is 28.4 Å². The molecular weight excluding hydrogens is 362 g/mol. The predicted octanol–water partition coefficient (Wildman–Crippen LogP) is 0.562. The van der Waals surface area contributed by atoms with Gasteiger partial charge in [0, 0.05) is 13.2 Å². The highest BCUT2D eigenvalue weighted by Gasteiger charge is 2.31. The van der Waals surface area contributed by atoms with Crippen molar-refractivity contribution in [3.8, 4) is 11.5 Å². The largest absolute Gasteiger partial charge is 0.465 e. The molecule has 0 saturated heterocycles. The Hall–Kier alpha value is -3.63. The SMILES string of the molecule is COC(=O)c1cn(C)c(-c2nc(C(=O)OC)c(C(=O)OC)[nH]2)c1C(=O)OC. The third-order valence-electron chi connectivity index (χ3n) is 3.67. The third kappa shape index (κ3) is 3.38. The number of hydrogen-bond donors (Lipinski definition) is 1. The second-order valence-corrected chi connectivity index (χ2v) is 5.15. The molecule has 11 heteroatoms. The topological polar surface area (TPSA) is 139 Å². The number of aryl methyl sites for hydroxylation is 1. The van der Waals surface area contributed by atoms with Crippen molar-refractivity contribution < 1.29 is 38.1 Å². The first-order valence-electron chi connectivity index (χ1n) is 7.43. The summed E-state index contributed by atoms with van der Waals surface area (Å²) in [6.45, 7) is 0. The van der Waals surface area contributed by atoms with Gasteiger partial charge in [0.05, 0.1) is 39.7 Å². The van der Waals surface area contributed by atoms with Crippen molar-refractivity contribution in [2.24, 2.45) is 7.05 Å². The van der Waals surface area contributed by atoms with Gasteiger partial charge in [0.2, 0.25) is 0 Å². The maximum atomic E-state index is 12.3. The predicted molar refractivity (Wildman–Crippen MR) is 88.4 cm³/mol. The van der Waals surface area contributed by atoms with E-state index in [9.17, 15) is 19.2 Å². The van der Waals surface area contributed by atoms with Crippen molar-refractivity contribution in [3.63, 3.8) is 0 Å². The van der Waals surface area contributed by atoms with Crippen molar-refractivity contribution >= 4 is 23.9 Å². The van der Waals surface area contributed by atoms with E-state index < -0.39 is 23.9 Å². The average molecular weight is 379 g/mol. The second kappa shape index (κ2) is 7.72. The lowest BCUT2D eigenvalue weighted by molar-refractivity contribution is 0.0548. The van der Waals surface area contributed by atoms with Gasteiger partial charge in [-0.2, -0.15) is 0 Å². The number of nitrogens with one attached hydrogen (secondary N) is 1. The van der Waals surface area contributed by atoms with Crippen molar-refractivity contribution in [1.82, 2.24) is 14.5 Å². The summed E-state index contributed by atoms with van der Waals surface area (Å²) in [7, 11) is 6.08. The van der Waals surface area contributed by atoms with Crippen molar-refractivity contribution in [2.45, 2.75) is 0 Å². The van der Waals surface area contributed by atoms with Gasteiger partial charge in [-0.1, -0.05) is 0 Å². The fraction of sp³-hybridized carbons (Fsp3) is 0.312. The van der Waals surface area contributed by atoms with Gasteiger partial charge >= 0.3 is 23.9 Å². The molecule has 27 heavy (non-hydrogen) atoms. The Morgan fingerprint density at radius 2 is 1.44 bits per heavy atom. The van der Waals surface area contributed by atoms with E-state index >= 15 is 0 Å². The molecule has 0 aliphatic carbocycles. The van der Waals surface area contributed by atoms with Gasteiger partial charge in [0.25, 0.3) is 0 Å². The Balaban J connectivity index is 2.78. The van der Waals surface area contributed by atoms with Gasteiger partial charge in [0.1, 0.15) is 5.56 Å². The minimum atomic E-state index is -0.889. The monoisotopic (exact) mass is 379 g/mol. The van der Waals surface area contributed by atoms with Crippen LogP contribution in [0.25, 0.3) is 11.5 Å². The molecule has 2 heterocycles. The van der Waals surface area contributed by atoms with Crippen LogP contribution < -0.4 is 0 Å². The minimum Gasteiger partial charge on any atom is -0.465 e. The number of nitrogens with zero attached hydrogens (tertiary/aromatic N) is 2. The molecule has 0 radical (unpaired) electrons. The first kappa shape index (κ1) is 19.7. The highest BCUT2D eigenvalue weighted by molar-refractivity contribution is 6.08. The van der Waals surface area contributed by atoms with Crippen LogP contribution in [0, 0.1) is 0 Å². The number of H-pyrrole nitrogens is 1. The number of imidazole rings is 1. The first-order chi connectivity index (χ1) is 12.8. The number of ether oxygens (including phenoxy) is 4. The molecule has 0 aromatic carbocycles. The number of methoxy groups -OCH3 is 4. The van der Waals surface area contributed by atoms with Crippen molar-refractivity contribution in [1.29, 1.82) is 0 Å². The summed E-state index contributed by atoms with van der Waals surface area (Å²) in [6, 6.07) is 0. The Morgan fingerprint density at radius 3 is 1.96 bits per heavy atom. The fourth-order valence-corrected chi connectivity index (χ4v) is 2.47. The number of carbonyl (C=O) groups excluding carboxylic acids is 4. The van der Waals surface area contributed by atoms with Crippen LogP contribution in [0.5, 0.6) is 0 Å². The zero-order valence-electron chi connectivity index (χ0n) is 15.2. The maximum Gasteiger partial charge on any atom is 0.359 e. The van der Waals surface area contributed by atoms with E-state index in [1.807, 2.05) is 0 Å². The number of esters is 4. The van der Waals surface area contributed by atoms with E-state index in [1.54, 1.807) is 0 Å². The summed E-state index contributed by atoms with van der Waals surface area (Å²) in [5.41, 5.74) is -0.722. The Labute approximate surface area is 153 Å². The van der Waals surface area contributed by atoms with Crippen LogP contribution in [0.1, 0.15) is 41.7 Å². The first-order valence-corrected chi connectivity index (χ1v) is 7.43. The van der Waals surface area contributed by atoms with Gasteiger partial charge < -0.3 is 28.5 Å². The highest BCUT2D eigenvalue weighted by Crippen LogP contribution is 2.28. The summed E-state index contributed by atoms with van der Waals surface area (Å²) in [5.74, 6) is -3.41. The number of aromatic amines is 1. The molecule has 0 atom stereocenters. The molecule has 2 aromatic heterocycles. The molecule has 0 fully saturated rings. The molecule has 0 amide bonds. The highest BCUT2D eigenvalue weighted by atomic mass is 16.5. The van der Waals surface area contributed by atoms with E-state index in [4.69, 9.17) is 4.74 Å². The lowest BCUT2D eigenvalue weighted by Crippen LogP contribution is -2.11. The molecule has 0 bridgehead atoms. The van der Waals surface area contributed by atoms with Crippen LogP contribution in [-0.4, -0.2) is 66.9 Å². The smallest absolute Gasteiger partial charge is 0.359 e. The van der Waals surface area contributed by atoms with Crippen LogP contribution in [0.15, 0.2) is 6.20 Å². The van der Waals surface area contributed by atoms with Crippen LogP contribution in [0.2, 0.25) is 0 Å². The maximum absolute atomic E-state index is 12.3. The summed E-state index contributed by atoms with van der Waals surface area (Å²) >= 11 is 0. The fourth-order valence-electron chi connectivity index (χ4n) is 2.47. The molecule has 11 nitrogen and oxygen atoms in total. The molecule has 144 valence electrons. The summed E-state index contributed by atoms with van der Waals surface area (Å²) in [6.07, 6.45) is 1.34. The second-order valence-electron chi connectivity index (χ2n) is 5.15. The van der Waals surface area contributed by atoms with Crippen LogP contribution >= 0.6 is 0 Å². The summed E-state index contributed by atoms with van der Waals surface area (Å²) < 4.78 is 20.0. The molecule has 0 aliphatic rings. The van der Waals surface area contributed by atoms with E-state index in [0.29, 0.717) is 0 Å². The van der Waals surface area contributed by atoms with E-state index in [-0.39, 0.29) is 34.0 Å². The lowest BCUT2D eigenvalue weighted by atomic mass is 10.1. The standard InChI is InChI=1S/C16H17N3O8/c1-19-6-7(13(20)24-2)8(14(21)25-3)11(19)12-17-9(15(22)26-4)10(18-12)16(23)27-5/h6H,1-5H3,(H,17,18). The number of hydrogen-bond acceptors (Lipinski definition) is 9. The molecule has 1 N–H and O–H groups in total. The molecule has 0 unspecified atom stereocenters. The summed E-state index contributed by atoms with van der Waals surface area (Å²) in [4.78, 5) is 54.8. The number of carbonyl (C=O) groups is 4. The number of aromatic nitrogens is 3. The van der Waals surface area contributed by atoms with Gasteiger partial charge in [-0.25, -0.2) is 24.2 Å². The van der Waals surface area contributed by atoms with Gasteiger partial charge in [-0.3, -0.25) is 0 Å². The van der Waals surface area contributed by atoms with Crippen LogP contribution in [0.4, 0.5) is 0 Å². The Kier molecular flexibility index (Phi) is 5.63. The van der Waals surface area contributed by atoms with Gasteiger partial charge in [0.15, 0.2) is 17.2 Å². The van der Waals surface area contributed by atoms with Gasteiger partial charge in [-0.15, -0.1) is 0 Å². The van der Waals surface area contributed by atoms with Crippen LogP contribution in [-0.2, 0) is 26.0 Å². The average Bonchev–Trinajstić information content (AvgIpc) is 3.26. The minimum absolute atomic E-state index is 0.0474. The quantitative estimate of drug-likeness (QED) is 0.583. The molecule has 0 saturated carbocycles. The van der Waals surface area contributed by atoms with Crippen molar-refractivity contribution in [3.05, 3.63) is 28.7 Å². The third-order valence-corrected chi connectivity index (χ3v) is 3.67. The van der Waals surface area contributed by atoms with E-state index in [1.165, 1.54) is 17.8 Å². The van der Waals surface area contributed by atoms with Crippen LogP contribution in [0.3, 0.4) is 0 Å². The normalized spacial score (nSPS) is 10.3. The summed E-state index contributed by atoms with van der Waals surface area (Å²) in [5, 5.41) is 0. The zero-order valence-corrected chi connectivity index (χ0v) is 15.2. The molecular formula is C16H17N3O8. The van der Waals surface area contributed by atoms with Crippen molar-refractivity contribution in [2.75, 3.05) is 28.4 Å². The Morgan fingerprint density at radius 1 is 0.889 bits per heavy atom. The Bertz CT molecular complexity index is 891.